The van der Waals surface area contributed by atoms with Crippen LogP contribution in [-0.4, -0.2) is 19.5 Å². The van der Waals surface area contributed by atoms with E-state index in [9.17, 15) is 0 Å². The Labute approximate surface area is 299 Å². The Bertz CT molecular complexity index is 2830. The van der Waals surface area contributed by atoms with Gasteiger partial charge in [-0.3, -0.25) is 0 Å². The first kappa shape index (κ1) is 29.5. The van der Waals surface area contributed by atoms with Crippen molar-refractivity contribution in [3.05, 3.63) is 175 Å². The van der Waals surface area contributed by atoms with Crippen LogP contribution >= 0.6 is 11.3 Å². The lowest BCUT2D eigenvalue weighted by Crippen LogP contribution is -2.01. The molecule has 51 heavy (non-hydrogen) atoms. The summed E-state index contributed by atoms with van der Waals surface area (Å²) in [6.07, 6.45) is 0. The molecule has 4 nitrogen and oxygen atoms in total. The normalized spacial score (nSPS) is 11.6. The van der Waals surface area contributed by atoms with Gasteiger partial charge >= 0.3 is 0 Å². The van der Waals surface area contributed by atoms with E-state index in [1.54, 1.807) is 11.3 Å². The Morgan fingerprint density at radius 3 is 1.75 bits per heavy atom. The Morgan fingerprint density at radius 2 is 0.980 bits per heavy atom. The minimum absolute atomic E-state index is 0.653. The van der Waals surface area contributed by atoms with Crippen LogP contribution in [0.25, 0.3) is 87.3 Å². The number of aromatic nitrogens is 4. The molecule has 0 aliphatic heterocycles. The van der Waals surface area contributed by atoms with E-state index < -0.39 is 0 Å². The zero-order chi connectivity index (χ0) is 33.7. The van der Waals surface area contributed by atoms with Gasteiger partial charge in [-0.15, -0.1) is 11.3 Å². The van der Waals surface area contributed by atoms with Gasteiger partial charge in [0.15, 0.2) is 17.5 Å². The van der Waals surface area contributed by atoms with Crippen molar-refractivity contribution in [2.24, 2.45) is 0 Å². The maximum absolute atomic E-state index is 5.17. The van der Waals surface area contributed by atoms with Crippen molar-refractivity contribution < 1.29 is 0 Å². The second-order valence-corrected chi connectivity index (χ2v) is 13.9. The molecule has 3 aromatic heterocycles. The quantitative estimate of drug-likeness (QED) is 0.177. The highest BCUT2D eigenvalue weighted by Gasteiger charge is 2.17. The molecule has 5 heteroatoms. The SMILES string of the molecule is c1ccc(-c2cccc(-c3nc(-c4ccc(Cn5c6ccccc6c6ccccc65)cc4)nc(-c4cccc5c4sc4ccccc45)n3)c2)cc1. The number of para-hydroxylation sites is 2. The zero-order valence-electron chi connectivity index (χ0n) is 27.6. The third-order valence-electron chi connectivity index (χ3n) is 9.74. The molecule has 10 aromatic rings. The second kappa shape index (κ2) is 12.2. The van der Waals surface area contributed by atoms with Gasteiger partial charge in [-0.25, -0.2) is 15.0 Å². The fourth-order valence-corrected chi connectivity index (χ4v) is 8.47. The number of rotatable bonds is 6. The average molecular weight is 671 g/mol. The van der Waals surface area contributed by atoms with Gasteiger partial charge in [0.25, 0.3) is 0 Å². The maximum Gasteiger partial charge on any atom is 0.165 e. The molecule has 0 radical (unpaired) electrons. The molecular weight excluding hydrogens is 641 g/mol. The van der Waals surface area contributed by atoms with E-state index in [1.165, 1.54) is 47.5 Å². The first-order valence-electron chi connectivity index (χ1n) is 17.1. The van der Waals surface area contributed by atoms with Gasteiger partial charge < -0.3 is 4.57 Å². The number of nitrogens with zero attached hydrogens (tertiary/aromatic N) is 4. The minimum atomic E-state index is 0.653. The van der Waals surface area contributed by atoms with Crippen LogP contribution in [0.1, 0.15) is 5.56 Å². The van der Waals surface area contributed by atoms with Crippen molar-refractivity contribution in [1.82, 2.24) is 19.5 Å². The van der Waals surface area contributed by atoms with Crippen LogP contribution in [0, 0.1) is 0 Å². The zero-order valence-corrected chi connectivity index (χ0v) is 28.4. The number of benzene rings is 7. The van der Waals surface area contributed by atoms with E-state index in [1.807, 2.05) is 6.07 Å². The summed E-state index contributed by atoms with van der Waals surface area (Å²) in [5.74, 6) is 1.98. The lowest BCUT2D eigenvalue weighted by molar-refractivity contribution is 0.869. The van der Waals surface area contributed by atoms with Crippen LogP contribution in [0.15, 0.2) is 170 Å². The number of thiophene rings is 1. The van der Waals surface area contributed by atoms with Crippen molar-refractivity contribution in [1.29, 1.82) is 0 Å². The van der Waals surface area contributed by atoms with E-state index in [-0.39, 0.29) is 0 Å². The summed E-state index contributed by atoms with van der Waals surface area (Å²) in [6.45, 7) is 0.766. The molecule has 0 bridgehead atoms. The third-order valence-corrected chi connectivity index (χ3v) is 11.0. The van der Waals surface area contributed by atoms with Crippen molar-refractivity contribution >= 4 is 53.3 Å². The molecule has 10 rings (SSSR count). The van der Waals surface area contributed by atoms with Crippen LogP contribution in [-0.2, 0) is 6.54 Å². The van der Waals surface area contributed by atoms with Gasteiger partial charge in [-0.1, -0.05) is 140 Å². The van der Waals surface area contributed by atoms with Crippen LogP contribution in [0.4, 0.5) is 0 Å². The molecule has 0 aliphatic rings. The predicted octanol–water partition coefficient (Wildman–Crippen LogP) is 12.1. The van der Waals surface area contributed by atoms with Crippen LogP contribution < -0.4 is 0 Å². The van der Waals surface area contributed by atoms with E-state index in [0.717, 1.165) is 34.4 Å². The molecule has 0 unspecified atom stereocenters. The first-order chi connectivity index (χ1) is 25.3. The van der Waals surface area contributed by atoms with Gasteiger partial charge in [0.05, 0.1) is 0 Å². The summed E-state index contributed by atoms with van der Waals surface area (Å²) in [7, 11) is 0. The van der Waals surface area contributed by atoms with E-state index >= 15 is 0 Å². The number of hydrogen-bond acceptors (Lipinski definition) is 4. The first-order valence-corrected chi connectivity index (χ1v) is 18.0. The van der Waals surface area contributed by atoms with Crippen molar-refractivity contribution in [2.75, 3.05) is 0 Å². The topological polar surface area (TPSA) is 43.6 Å². The monoisotopic (exact) mass is 670 g/mol. The maximum atomic E-state index is 5.17. The molecule has 0 aliphatic carbocycles. The average Bonchev–Trinajstić information content (AvgIpc) is 3.74. The minimum Gasteiger partial charge on any atom is -0.336 e. The van der Waals surface area contributed by atoms with Crippen molar-refractivity contribution in [3.8, 4) is 45.3 Å². The third kappa shape index (κ3) is 5.18. The molecular formula is C46H30N4S. The van der Waals surface area contributed by atoms with E-state index in [4.69, 9.17) is 15.0 Å². The molecule has 3 heterocycles. The highest BCUT2D eigenvalue weighted by atomic mass is 32.1. The molecule has 0 fully saturated rings. The smallest absolute Gasteiger partial charge is 0.165 e. The molecule has 0 amide bonds. The standard InChI is InChI=1S/C46H30N4S/c1-2-12-31(13-3-1)33-14-10-15-34(28-33)45-47-44(48-46(49-45)39-20-11-19-38-37-18-6-9-23-42(37)51-43(38)39)32-26-24-30(25-27-32)29-50-40-21-7-4-16-35(40)36-17-5-8-22-41(36)50/h1-28H,29H2. The molecule has 0 atom stereocenters. The van der Waals surface area contributed by atoms with E-state index in [0.29, 0.717) is 17.5 Å². The Hall–Kier alpha value is -6.43. The van der Waals surface area contributed by atoms with Gasteiger partial charge in [-0.2, -0.15) is 0 Å². The molecule has 240 valence electrons. The highest BCUT2D eigenvalue weighted by molar-refractivity contribution is 7.26. The summed E-state index contributed by atoms with van der Waals surface area (Å²) < 4.78 is 4.84. The van der Waals surface area contributed by atoms with Crippen molar-refractivity contribution in [2.45, 2.75) is 6.54 Å². The van der Waals surface area contributed by atoms with Crippen molar-refractivity contribution in [3.63, 3.8) is 0 Å². The highest BCUT2D eigenvalue weighted by Crippen LogP contribution is 2.40. The lowest BCUT2D eigenvalue weighted by atomic mass is 10.0. The fraction of sp³-hybridized carbons (Fsp3) is 0.0217. The summed E-state index contributed by atoms with van der Waals surface area (Å²) >= 11 is 1.79. The molecule has 0 spiro atoms. The molecule has 7 aromatic carbocycles. The largest absolute Gasteiger partial charge is 0.336 e. The summed E-state index contributed by atoms with van der Waals surface area (Å²) in [5, 5.41) is 5.03. The summed E-state index contributed by atoms with van der Waals surface area (Å²) in [4.78, 5) is 15.4. The number of fused-ring (bicyclic) bond motifs is 6. The number of hydrogen-bond donors (Lipinski definition) is 0. The molecule has 0 saturated carbocycles. The summed E-state index contributed by atoms with van der Waals surface area (Å²) in [6, 6.07) is 59.9. The fourth-order valence-electron chi connectivity index (χ4n) is 7.26. The van der Waals surface area contributed by atoms with Crippen LogP contribution in [0.2, 0.25) is 0 Å². The van der Waals surface area contributed by atoms with Crippen LogP contribution in [0.5, 0.6) is 0 Å². The Balaban J connectivity index is 1.10. The Morgan fingerprint density at radius 1 is 0.412 bits per heavy atom. The van der Waals surface area contributed by atoms with Gasteiger partial charge in [0, 0.05) is 65.2 Å². The lowest BCUT2D eigenvalue weighted by Gasteiger charge is -2.11. The van der Waals surface area contributed by atoms with E-state index in [2.05, 4.69) is 168 Å². The van der Waals surface area contributed by atoms with Gasteiger partial charge in [-0.05, 0) is 47.0 Å². The molecule has 0 saturated heterocycles. The van der Waals surface area contributed by atoms with Gasteiger partial charge in [0.2, 0.25) is 0 Å². The summed E-state index contributed by atoms with van der Waals surface area (Å²) in [5.41, 5.74) is 8.89. The van der Waals surface area contributed by atoms with Crippen LogP contribution in [0.3, 0.4) is 0 Å². The predicted molar refractivity (Wildman–Crippen MR) is 213 cm³/mol. The Kier molecular flexibility index (Phi) is 7.03. The second-order valence-electron chi connectivity index (χ2n) is 12.9. The van der Waals surface area contributed by atoms with Gasteiger partial charge in [0.1, 0.15) is 0 Å². The molecule has 0 N–H and O–H groups in total.